The molecule has 1 N–H and O–H groups in total. The maximum atomic E-state index is 12.2. The number of amides is 1. The number of hydrogen-bond acceptors (Lipinski definition) is 3. The van der Waals surface area contributed by atoms with E-state index in [-0.39, 0.29) is 30.1 Å². The summed E-state index contributed by atoms with van der Waals surface area (Å²) in [5.74, 6) is -1.33. The first-order chi connectivity index (χ1) is 8.88. The number of likely N-dealkylation sites (tertiary alicyclic amines) is 1. The number of carbonyl (C=O) groups excluding carboxylic acids is 1. The minimum atomic E-state index is -0.861. The summed E-state index contributed by atoms with van der Waals surface area (Å²) in [7, 11) is 0. The molecule has 19 heavy (non-hydrogen) atoms. The lowest BCUT2D eigenvalue weighted by Gasteiger charge is -2.36. The van der Waals surface area contributed by atoms with Gasteiger partial charge in [-0.05, 0) is 18.1 Å². The predicted molar refractivity (Wildman–Crippen MR) is 70.4 cm³/mol. The Labute approximate surface area is 116 Å². The molecule has 1 saturated heterocycles. The lowest BCUT2D eigenvalue weighted by atomic mass is 9.98. The van der Waals surface area contributed by atoms with E-state index in [0.717, 1.165) is 5.69 Å². The Bertz CT molecular complexity index is 525. The van der Waals surface area contributed by atoms with Gasteiger partial charge in [-0.2, -0.15) is 0 Å². The molecular formula is C13H15ClN2O3. The molecule has 0 bridgehead atoms. The van der Waals surface area contributed by atoms with Gasteiger partial charge < -0.3 is 10.0 Å². The molecule has 0 spiro atoms. The van der Waals surface area contributed by atoms with Gasteiger partial charge in [-0.1, -0.05) is 25.4 Å². The summed E-state index contributed by atoms with van der Waals surface area (Å²) in [6.07, 6.45) is 0. The standard InChI is InChI=1S/C13H15ClN2O3/c1-7(2)10-3-8(4-11(14)15-10)12(17)16-5-9(6-16)13(18)19/h3-4,7,9H,5-6H2,1-2H3,(H,18,19). The van der Waals surface area contributed by atoms with Gasteiger partial charge in [-0.25, -0.2) is 4.98 Å². The Morgan fingerprint density at radius 3 is 2.58 bits per heavy atom. The normalized spacial score (nSPS) is 15.5. The van der Waals surface area contributed by atoms with Gasteiger partial charge in [0.1, 0.15) is 5.15 Å². The summed E-state index contributed by atoms with van der Waals surface area (Å²) in [6, 6.07) is 3.23. The number of carboxylic acid groups (broad SMARTS) is 1. The number of aromatic nitrogens is 1. The van der Waals surface area contributed by atoms with E-state index in [9.17, 15) is 9.59 Å². The average Bonchev–Trinajstić information content (AvgIpc) is 2.25. The zero-order chi connectivity index (χ0) is 14.2. The topological polar surface area (TPSA) is 70.5 Å². The van der Waals surface area contributed by atoms with Crippen LogP contribution < -0.4 is 0 Å². The molecule has 0 saturated carbocycles. The van der Waals surface area contributed by atoms with Gasteiger partial charge in [0.15, 0.2) is 0 Å². The minimum absolute atomic E-state index is 0.174. The van der Waals surface area contributed by atoms with Crippen molar-refractivity contribution in [2.24, 2.45) is 5.92 Å². The molecule has 1 fully saturated rings. The Kier molecular flexibility index (Phi) is 3.75. The number of rotatable bonds is 3. The van der Waals surface area contributed by atoms with Crippen LogP contribution in [-0.4, -0.2) is 40.0 Å². The Balaban J connectivity index is 2.14. The maximum Gasteiger partial charge on any atom is 0.310 e. The molecular weight excluding hydrogens is 268 g/mol. The van der Waals surface area contributed by atoms with E-state index in [2.05, 4.69) is 4.98 Å². The van der Waals surface area contributed by atoms with Crippen LogP contribution in [0.1, 0.15) is 35.8 Å². The molecule has 102 valence electrons. The monoisotopic (exact) mass is 282 g/mol. The van der Waals surface area contributed by atoms with E-state index < -0.39 is 11.9 Å². The van der Waals surface area contributed by atoms with E-state index in [1.165, 1.54) is 11.0 Å². The van der Waals surface area contributed by atoms with Crippen LogP contribution in [0.25, 0.3) is 0 Å². The highest BCUT2D eigenvalue weighted by Crippen LogP contribution is 2.22. The molecule has 6 heteroatoms. The minimum Gasteiger partial charge on any atom is -0.481 e. The third kappa shape index (κ3) is 2.87. The molecule has 1 aliphatic rings. The second-order valence-corrected chi connectivity index (χ2v) is 5.39. The van der Waals surface area contributed by atoms with Crippen molar-refractivity contribution < 1.29 is 14.7 Å². The lowest BCUT2D eigenvalue weighted by Crippen LogP contribution is -2.53. The van der Waals surface area contributed by atoms with Gasteiger partial charge in [-0.15, -0.1) is 0 Å². The van der Waals surface area contributed by atoms with Crippen molar-refractivity contribution in [2.45, 2.75) is 19.8 Å². The molecule has 0 aliphatic carbocycles. The van der Waals surface area contributed by atoms with Crippen LogP contribution in [0.5, 0.6) is 0 Å². The second kappa shape index (κ2) is 5.17. The molecule has 1 aromatic rings. The van der Waals surface area contributed by atoms with Gasteiger partial charge in [-0.3, -0.25) is 9.59 Å². The molecule has 0 radical (unpaired) electrons. The maximum absolute atomic E-state index is 12.2. The van der Waals surface area contributed by atoms with Crippen LogP contribution >= 0.6 is 11.6 Å². The number of halogens is 1. The lowest BCUT2D eigenvalue weighted by molar-refractivity contribution is -0.146. The zero-order valence-electron chi connectivity index (χ0n) is 10.8. The summed E-state index contributed by atoms with van der Waals surface area (Å²) in [5, 5.41) is 9.08. The SMILES string of the molecule is CC(C)c1cc(C(=O)N2CC(C(=O)O)C2)cc(Cl)n1. The Hall–Kier alpha value is -1.62. The quantitative estimate of drug-likeness (QED) is 0.861. The molecule has 1 amide bonds. The highest BCUT2D eigenvalue weighted by molar-refractivity contribution is 6.29. The number of carboxylic acids is 1. The predicted octanol–water partition coefficient (Wildman–Crippen LogP) is 2.02. The second-order valence-electron chi connectivity index (χ2n) is 5.00. The Morgan fingerprint density at radius 2 is 2.05 bits per heavy atom. The number of pyridine rings is 1. The molecule has 5 nitrogen and oxygen atoms in total. The largest absolute Gasteiger partial charge is 0.481 e. The summed E-state index contributed by atoms with van der Waals surface area (Å²) in [4.78, 5) is 28.6. The van der Waals surface area contributed by atoms with Crippen LogP contribution in [0.4, 0.5) is 0 Å². The first kappa shape index (κ1) is 13.8. The van der Waals surface area contributed by atoms with Crippen LogP contribution in [0.15, 0.2) is 12.1 Å². The molecule has 1 aliphatic heterocycles. The summed E-state index contributed by atoms with van der Waals surface area (Å²) in [6.45, 7) is 4.45. The number of carbonyl (C=O) groups is 2. The number of nitrogens with zero attached hydrogens (tertiary/aromatic N) is 2. The van der Waals surface area contributed by atoms with Crippen molar-refractivity contribution in [3.05, 3.63) is 28.5 Å². The number of hydrogen-bond donors (Lipinski definition) is 1. The fraction of sp³-hybridized carbons (Fsp3) is 0.462. The van der Waals surface area contributed by atoms with Crippen molar-refractivity contribution in [1.29, 1.82) is 0 Å². The van der Waals surface area contributed by atoms with Crippen molar-refractivity contribution in [2.75, 3.05) is 13.1 Å². The zero-order valence-corrected chi connectivity index (χ0v) is 11.5. The Morgan fingerprint density at radius 1 is 1.42 bits per heavy atom. The number of aliphatic carboxylic acids is 1. The smallest absolute Gasteiger partial charge is 0.310 e. The van der Waals surface area contributed by atoms with Gasteiger partial charge >= 0.3 is 5.97 Å². The van der Waals surface area contributed by atoms with Crippen LogP contribution in [0.3, 0.4) is 0 Å². The van der Waals surface area contributed by atoms with Crippen LogP contribution in [0, 0.1) is 5.92 Å². The molecule has 1 aromatic heterocycles. The van der Waals surface area contributed by atoms with Crippen LogP contribution in [-0.2, 0) is 4.79 Å². The van der Waals surface area contributed by atoms with Gasteiger partial charge in [0.2, 0.25) is 0 Å². The summed E-state index contributed by atoms with van der Waals surface area (Å²) in [5.41, 5.74) is 1.22. The summed E-state index contributed by atoms with van der Waals surface area (Å²) < 4.78 is 0. The molecule has 2 rings (SSSR count). The molecule has 2 heterocycles. The van der Waals surface area contributed by atoms with Crippen molar-refractivity contribution in [3.8, 4) is 0 Å². The summed E-state index contributed by atoms with van der Waals surface area (Å²) >= 11 is 5.91. The van der Waals surface area contributed by atoms with Crippen molar-refractivity contribution >= 4 is 23.5 Å². The first-order valence-corrected chi connectivity index (χ1v) is 6.46. The van der Waals surface area contributed by atoms with Crippen molar-refractivity contribution in [1.82, 2.24) is 9.88 Å². The van der Waals surface area contributed by atoms with E-state index in [4.69, 9.17) is 16.7 Å². The first-order valence-electron chi connectivity index (χ1n) is 6.08. The van der Waals surface area contributed by atoms with Crippen LogP contribution in [0.2, 0.25) is 5.15 Å². The fourth-order valence-corrected chi connectivity index (χ4v) is 2.13. The molecule has 0 aromatic carbocycles. The average molecular weight is 283 g/mol. The fourth-order valence-electron chi connectivity index (χ4n) is 1.92. The van der Waals surface area contributed by atoms with Gasteiger partial charge in [0.25, 0.3) is 5.91 Å². The highest BCUT2D eigenvalue weighted by atomic mass is 35.5. The van der Waals surface area contributed by atoms with Gasteiger partial charge in [0.05, 0.1) is 5.92 Å². The van der Waals surface area contributed by atoms with Gasteiger partial charge in [0, 0.05) is 24.3 Å². The van der Waals surface area contributed by atoms with E-state index >= 15 is 0 Å². The third-order valence-electron chi connectivity index (χ3n) is 3.17. The van der Waals surface area contributed by atoms with Crippen molar-refractivity contribution in [3.63, 3.8) is 0 Å². The third-order valence-corrected chi connectivity index (χ3v) is 3.36. The van der Waals surface area contributed by atoms with E-state index in [1.807, 2.05) is 13.8 Å². The van der Waals surface area contributed by atoms with E-state index in [1.54, 1.807) is 6.07 Å². The molecule has 0 atom stereocenters. The molecule has 0 unspecified atom stereocenters. The van der Waals surface area contributed by atoms with E-state index in [0.29, 0.717) is 5.56 Å². The highest BCUT2D eigenvalue weighted by Gasteiger charge is 2.36.